The van der Waals surface area contributed by atoms with E-state index in [-0.39, 0.29) is 6.04 Å². The van der Waals surface area contributed by atoms with Crippen molar-refractivity contribution in [2.45, 2.75) is 32.1 Å². The molecular formula is C7H18N4. The average molecular weight is 158 g/mol. The van der Waals surface area contributed by atoms with Crippen LogP contribution >= 0.6 is 0 Å². The van der Waals surface area contributed by atoms with Crippen LogP contribution in [0.3, 0.4) is 0 Å². The summed E-state index contributed by atoms with van der Waals surface area (Å²) in [6.07, 6.45) is 0.371. The maximum absolute atomic E-state index is 5.79. The zero-order valence-electron chi connectivity index (χ0n) is 7.25. The van der Waals surface area contributed by atoms with Crippen molar-refractivity contribution in [3.05, 3.63) is 0 Å². The molecule has 5 N–H and O–H groups in total. The van der Waals surface area contributed by atoms with E-state index in [4.69, 9.17) is 11.5 Å². The van der Waals surface area contributed by atoms with Gasteiger partial charge in [-0.25, -0.2) is 0 Å². The van der Waals surface area contributed by atoms with Gasteiger partial charge >= 0.3 is 0 Å². The van der Waals surface area contributed by atoms with Gasteiger partial charge < -0.3 is 16.8 Å². The quantitative estimate of drug-likeness (QED) is 0.476. The molecule has 0 spiro atoms. The van der Waals surface area contributed by atoms with Crippen LogP contribution in [0.25, 0.3) is 0 Å². The summed E-state index contributed by atoms with van der Waals surface area (Å²) in [5.74, 6) is 0. The minimum absolute atomic E-state index is 0.191. The Morgan fingerprint density at radius 2 is 2.36 bits per heavy atom. The molecule has 4 heteroatoms. The van der Waals surface area contributed by atoms with Crippen LogP contribution in [0.15, 0.2) is 0 Å². The molecule has 0 aromatic rings. The maximum atomic E-state index is 5.79. The second-order valence-corrected chi connectivity index (χ2v) is 3.21. The zero-order chi connectivity index (χ0) is 8.43. The first-order valence-electron chi connectivity index (χ1n) is 4.11. The van der Waals surface area contributed by atoms with Crippen molar-refractivity contribution in [3.8, 4) is 0 Å². The fourth-order valence-corrected chi connectivity index (χ4v) is 1.59. The number of hydrogen-bond acceptors (Lipinski definition) is 4. The third kappa shape index (κ3) is 1.70. The summed E-state index contributed by atoms with van der Waals surface area (Å²) in [6, 6.07) is 0.589. The van der Waals surface area contributed by atoms with E-state index in [1.54, 1.807) is 0 Å². The second kappa shape index (κ2) is 3.49. The van der Waals surface area contributed by atoms with E-state index in [2.05, 4.69) is 17.1 Å². The maximum Gasteiger partial charge on any atom is 0.0583 e. The third-order valence-corrected chi connectivity index (χ3v) is 2.36. The Labute approximate surface area is 67.9 Å². The number of hydrogen-bond donors (Lipinski definition) is 3. The second-order valence-electron chi connectivity index (χ2n) is 3.21. The lowest BCUT2D eigenvalue weighted by atomic mass is 10.1. The van der Waals surface area contributed by atoms with Gasteiger partial charge in [-0.05, 0) is 13.8 Å². The standard InChI is InChI=1S/C7H18N4/c1-5(9)7-3-10-6(2)11(7)4-8/h5-7,10H,3-4,8-9H2,1-2H3. The predicted octanol–water partition coefficient (Wildman–Crippen LogP) is -1.13. The van der Waals surface area contributed by atoms with Crippen molar-refractivity contribution in [2.24, 2.45) is 11.5 Å². The molecule has 1 aliphatic rings. The molecule has 0 saturated carbocycles. The van der Waals surface area contributed by atoms with Crippen LogP contribution in [0, 0.1) is 0 Å². The molecule has 3 atom stereocenters. The molecule has 1 aliphatic heterocycles. The van der Waals surface area contributed by atoms with Gasteiger partial charge in [0.15, 0.2) is 0 Å². The van der Waals surface area contributed by atoms with Crippen molar-refractivity contribution in [1.82, 2.24) is 10.2 Å². The third-order valence-electron chi connectivity index (χ3n) is 2.36. The number of nitrogens with one attached hydrogen (secondary N) is 1. The summed E-state index contributed by atoms with van der Waals surface area (Å²) in [5, 5.41) is 3.32. The van der Waals surface area contributed by atoms with Gasteiger partial charge in [-0.15, -0.1) is 0 Å². The van der Waals surface area contributed by atoms with E-state index in [1.165, 1.54) is 0 Å². The van der Waals surface area contributed by atoms with Crippen molar-refractivity contribution >= 4 is 0 Å². The minimum Gasteiger partial charge on any atom is -0.326 e. The van der Waals surface area contributed by atoms with Crippen LogP contribution in [0.2, 0.25) is 0 Å². The lowest BCUT2D eigenvalue weighted by molar-refractivity contribution is 0.189. The normalized spacial score (nSPS) is 36.0. The molecular weight excluding hydrogens is 140 g/mol. The summed E-state index contributed by atoms with van der Waals surface area (Å²) < 4.78 is 0. The van der Waals surface area contributed by atoms with Gasteiger partial charge in [0, 0.05) is 25.3 Å². The highest BCUT2D eigenvalue weighted by molar-refractivity contribution is 4.89. The monoisotopic (exact) mass is 158 g/mol. The highest BCUT2D eigenvalue weighted by atomic mass is 15.4. The van der Waals surface area contributed by atoms with Gasteiger partial charge in [-0.1, -0.05) is 0 Å². The molecule has 0 aromatic heterocycles. The molecule has 0 aromatic carbocycles. The van der Waals surface area contributed by atoms with E-state index in [0.29, 0.717) is 18.9 Å². The summed E-state index contributed by atoms with van der Waals surface area (Å²) >= 11 is 0. The van der Waals surface area contributed by atoms with Crippen LogP contribution in [0.4, 0.5) is 0 Å². The fourth-order valence-electron chi connectivity index (χ4n) is 1.59. The van der Waals surface area contributed by atoms with E-state index in [1.807, 2.05) is 6.92 Å². The Kier molecular flexibility index (Phi) is 2.84. The predicted molar refractivity (Wildman–Crippen MR) is 45.8 cm³/mol. The number of nitrogens with two attached hydrogens (primary N) is 2. The molecule has 0 amide bonds. The van der Waals surface area contributed by atoms with Crippen molar-refractivity contribution in [1.29, 1.82) is 0 Å². The molecule has 3 unspecified atom stereocenters. The number of rotatable bonds is 2. The first kappa shape index (κ1) is 8.93. The molecule has 0 bridgehead atoms. The molecule has 66 valence electrons. The van der Waals surface area contributed by atoms with Crippen LogP contribution in [-0.4, -0.2) is 36.4 Å². The minimum atomic E-state index is 0.191. The van der Waals surface area contributed by atoms with Crippen LogP contribution < -0.4 is 16.8 Å². The number of nitrogens with zero attached hydrogens (tertiary/aromatic N) is 1. The fraction of sp³-hybridized carbons (Fsp3) is 1.00. The van der Waals surface area contributed by atoms with Crippen molar-refractivity contribution < 1.29 is 0 Å². The average Bonchev–Trinajstić information content (AvgIpc) is 2.30. The summed E-state index contributed by atoms with van der Waals surface area (Å²) in [6.45, 7) is 5.67. The topological polar surface area (TPSA) is 67.3 Å². The van der Waals surface area contributed by atoms with Gasteiger partial charge in [-0.3, -0.25) is 4.90 Å². The molecule has 1 heterocycles. The van der Waals surface area contributed by atoms with Gasteiger partial charge in [0.1, 0.15) is 0 Å². The Hall–Kier alpha value is -0.160. The zero-order valence-corrected chi connectivity index (χ0v) is 7.25. The molecule has 1 fully saturated rings. The Morgan fingerprint density at radius 1 is 1.73 bits per heavy atom. The van der Waals surface area contributed by atoms with Crippen molar-refractivity contribution in [2.75, 3.05) is 13.2 Å². The SMILES string of the molecule is CC(N)C1CNC(C)N1CN. The van der Waals surface area contributed by atoms with Crippen LogP contribution in [-0.2, 0) is 0 Å². The highest BCUT2D eigenvalue weighted by Gasteiger charge is 2.30. The molecule has 0 aliphatic carbocycles. The van der Waals surface area contributed by atoms with Gasteiger partial charge in [0.2, 0.25) is 0 Å². The Morgan fingerprint density at radius 3 is 2.73 bits per heavy atom. The largest absolute Gasteiger partial charge is 0.326 e. The Bertz CT molecular complexity index is 126. The molecule has 1 saturated heterocycles. The van der Waals surface area contributed by atoms with E-state index in [0.717, 1.165) is 6.54 Å². The van der Waals surface area contributed by atoms with Gasteiger partial charge in [0.25, 0.3) is 0 Å². The van der Waals surface area contributed by atoms with E-state index < -0.39 is 0 Å². The van der Waals surface area contributed by atoms with E-state index >= 15 is 0 Å². The summed E-state index contributed by atoms with van der Waals surface area (Å²) in [7, 11) is 0. The van der Waals surface area contributed by atoms with Crippen LogP contribution in [0.5, 0.6) is 0 Å². The van der Waals surface area contributed by atoms with Crippen LogP contribution in [0.1, 0.15) is 13.8 Å². The summed E-state index contributed by atoms with van der Waals surface area (Å²) in [5.41, 5.74) is 11.4. The van der Waals surface area contributed by atoms with E-state index in [9.17, 15) is 0 Å². The highest BCUT2D eigenvalue weighted by Crippen LogP contribution is 2.10. The smallest absolute Gasteiger partial charge is 0.0583 e. The van der Waals surface area contributed by atoms with Gasteiger partial charge in [-0.2, -0.15) is 0 Å². The molecule has 11 heavy (non-hydrogen) atoms. The molecule has 4 nitrogen and oxygen atoms in total. The lowest BCUT2D eigenvalue weighted by Gasteiger charge is -2.27. The Balaban J connectivity index is 2.54. The lowest BCUT2D eigenvalue weighted by Crippen LogP contribution is -2.48. The van der Waals surface area contributed by atoms with Gasteiger partial charge in [0.05, 0.1) is 6.17 Å². The molecule has 1 rings (SSSR count). The first-order valence-corrected chi connectivity index (χ1v) is 4.11. The summed E-state index contributed by atoms with van der Waals surface area (Å²) in [4.78, 5) is 2.19. The van der Waals surface area contributed by atoms with Crippen molar-refractivity contribution in [3.63, 3.8) is 0 Å². The first-order chi connectivity index (χ1) is 5.16. The molecule has 0 radical (unpaired) electrons.